The zero-order valence-corrected chi connectivity index (χ0v) is 11.8. The van der Waals surface area contributed by atoms with Crippen molar-refractivity contribution in [1.29, 1.82) is 10.5 Å². The van der Waals surface area contributed by atoms with Crippen LogP contribution in [0.1, 0.15) is 11.3 Å². The fourth-order valence-corrected chi connectivity index (χ4v) is 1.75. The number of hydrazone groups is 1. The molecule has 0 bridgehead atoms. The molecular weight excluding hydrogens is 309 g/mol. The minimum Gasteiger partial charge on any atom is -0.306 e. The number of rotatable bonds is 3. The van der Waals surface area contributed by atoms with Crippen LogP contribution in [0.4, 0.5) is 18.9 Å². The van der Waals surface area contributed by atoms with Gasteiger partial charge in [0, 0.05) is 11.9 Å². The van der Waals surface area contributed by atoms with Gasteiger partial charge in [0.15, 0.2) is 0 Å². The SMILES string of the molecule is Cc1cn(-c2cc(NN=C(C#N)C#N)cc(C(F)(F)F)c2)cn1. The monoisotopic (exact) mass is 318 g/mol. The van der Waals surface area contributed by atoms with E-state index < -0.39 is 17.5 Å². The summed E-state index contributed by atoms with van der Waals surface area (Å²) in [7, 11) is 0. The molecular formula is C14H9F3N6. The van der Waals surface area contributed by atoms with Crippen LogP contribution >= 0.6 is 0 Å². The van der Waals surface area contributed by atoms with Gasteiger partial charge in [-0.2, -0.15) is 28.8 Å². The third-order valence-corrected chi connectivity index (χ3v) is 2.76. The summed E-state index contributed by atoms with van der Waals surface area (Å²) >= 11 is 0. The van der Waals surface area contributed by atoms with E-state index in [2.05, 4.69) is 15.5 Å². The number of alkyl halides is 3. The van der Waals surface area contributed by atoms with Crippen molar-refractivity contribution in [3.8, 4) is 17.8 Å². The molecule has 0 saturated carbocycles. The quantitative estimate of drug-likeness (QED) is 0.696. The molecule has 0 atom stereocenters. The van der Waals surface area contributed by atoms with Crippen LogP contribution in [0.15, 0.2) is 35.8 Å². The highest BCUT2D eigenvalue weighted by atomic mass is 19.4. The number of aryl methyl sites for hydroxylation is 1. The minimum atomic E-state index is -4.56. The molecule has 0 unspecified atom stereocenters. The van der Waals surface area contributed by atoms with Gasteiger partial charge in [-0.1, -0.05) is 0 Å². The van der Waals surface area contributed by atoms with E-state index in [0.717, 1.165) is 12.1 Å². The van der Waals surface area contributed by atoms with Crippen LogP contribution in [0.2, 0.25) is 0 Å². The summed E-state index contributed by atoms with van der Waals surface area (Å²) in [6, 6.07) is 6.21. The highest BCUT2D eigenvalue weighted by Crippen LogP contribution is 2.33. The third kappa shape index (κ3) is 3.86. The summed E-state index contributed by atoms with van der Waals surface area (Å²) in [5, 5.41) is 20.6. The molecule has 0 aliphatic heterocycles. The third-order valence-electron chi connectivity index (χ3n) is 2.76. The van der Waals surface area contributed by atoms with Gasteiger partial charge in [-0.3, -0.25) is 5.43 Å². The fraction of sp³-hybridized carbons (Fsp3) is 0.143. The lowest BCUT2D eigenvalue weighted by atomic mass is 10.1. The maximum absolute atomic E-state index is 13.0. The molecule has 2 rings (SSSR count). The van der Waals surface area contributed by atoms with Crippen LogP contribution in [-0.2, 0) is 6.18 Å². The van der Waals surface area contributed by atoms with E-state index in [1.54, 1.807) is 13.1 Å². The van der Waals surface area contributed by atoms with Gasteiger partial charge >= 0.3 is 6.18 Å². The van der Waals surface area contributed by atoms with Crippen molar-refractivity contribution >= 4 is 11.4 Å². The first-order valence-electron chi connectivity index (χ1n) is 6.20. The van der Waals surface area contributed by atoms with E-state index in [1.165, 1.54) is 29.1 Å². The second kappa shape index (κ2) is 6.20. The number of nitriles is 2. The maximum atomic E-state index is 13.0. The molecule has 9 heteroatoms. The number of aromatic nitrogens is 2. The standard InChI is InChI=1S/C14H9F3N6/c1-9-7-23(8-20-9)13-3-10(14(15,16)17)2-11(4-13)21-22-12(5-18)6-19/h2-4,7-8,21H,1H3. The Labute approximate surface area is 129 Å². The largest absolute Gasteiger partial charge is 0.416 e. The normalized spacial score (nSPS) is 10.5. The number of halogens is 3. The second-order valence-electron chi connectivity index (χ2n) is 4.48. The molecule has 0 fully saturated rings. The number of benzene rings is 1. The summed E-state index contributed by atoms with van der Waals surface area (Å²) in [5.41, 5.74) is 1.74. The summed E-state index contributed by atoms with van der Waals surface area (Å²) in [6.45, 7) is 1.71. The molecule has 1 heterocycles. The molecule has 0 radical (unpaired) electrons. The van der Waals surface area contributed by atoms with E-state index in [9.17, 15) is 13.2 Å². The zero-order valence-electron chi connectivity index (χ0n) is 11.8. The first kappa shape index (κ1) is 16.0. The summed E-state index contributed by atoms with van der Waals surface area (Å²) in [5.74, 6) is 0. The first-order chi connectivity index (χ1) is 10.8. The Balaban J connectivity index is 2.49. The van der Waals surface area contributed by atoms with Crippen LogP contribution in [0.25, 0.3) is 5.69 Å². The van der Waals surface area contributed by atoms with Crippen molar-refractivity contribution in [3.05, 3.63) is 42.0 Å². The molecule has 0 amide bonds. The average molecular weight is 318 g/mol. The minimum absolute atomic E-state index is 0.0100. The van der Waals surface area contributed by atoms with Crippen molar-refractivity contribution < 1.29 is 13.2 Å². The molecule has 1 aromatic carbocycles. The van der Waals surface area contributed by atoms with Crippen molar-refractivity contribution in [2.75, 3.05) is 5.43 Å². The van der Waals surface area contributed by atoms with E-state index in [4.69, 9.17) is 10.5 Å². The molecule has 23 heavy (non-hydrogen) atoms. The molecule has 0 saturated heterocycles. The molecule has 0 spiro atoms. The molecule has 6 nitrogen and oxygen atoms in total. The second-order valence-corrected chi connectivity index (χ2v) is 4.48. The van der Waals surface area contributed by atoms with Gasteiger partial charge in [-0.25, -0.2) is 4.98 Å². The lowest BCUT2D eigenvalue weighted by Gasteiger charge is -2.12. The van der Waals surface area contributed by atoms with Crippen LogP contribution in [-0.4, -0.2) is 15.3 Å². The Morgan fingerprint density at radius 3 is 2.48 bits per heavy atom. The number of nitrogens with one attached hydrogen (secondary N) is 1. The van der Waals surface area contributed by atoms with Gasteiger partial charge in [-0.15, -0.1) is 0 Å². The smallest absolute Gasteiger partial charge is 0.306 e. The van der Waals surface area contributed by atoms with Gasteiger partial charge in [0.05, 0.1) is 23.3 Å². The lowest BCUT2D eigenvalue weighted by molar-refractivity contribution is -0.137. The Hall–Kier alpha value is -3.33. The van der Waals surface area contributed by atoms with Gasteiger partial charge in [0.1, 0.15) is 12.1 Å². The number of nitrogens with zero attached hydrogens (tertiary/aromatic N) is 5. The molecule has 2 aromatic rings. The molecule has 0 aliphatic carbocycles. The molecule has 0 aliphatic rings. The van der Waals surface area contributed by atoms with E-state index >= 15 is 0 Å². The summed E-state index contributed by atoms with van der Waals surface area (Å²) in [6.07, 6.45) is -1.61. The predicted octanol–water partition coefficient (Wildman–Crippen LogP) is 3.01. The van der Waals surface area contributed by atoms with E-state index in [1.807, 2.05) is 0 Å². The predicted molar refractivity (Wildman–Crippen MR) is 75.6 cm³/mol. The maximum Gasteiger partial charge on any atom is 0.416 e. The van der Waals surface area contributed by atoms with Gasteiger partial charge in [0.25, 0.3) is 0 Å². The molecule has 1 aromatic heterocycles. The van der Waals surface area contributed by atoms with E-state index in [0.29, 0.717) is 5.69 Å². The number of anilines is 1. The van der Waals surface area contributed by atoms with Gasteiger partial charge < -0.3 is 4.57 Å². The van der Waals surface area contributed by atoms with Crippen molar-refractivity contribution in [2.45, 2.75) is 13.1 Å². The van der Waals surface area contributed by atoms with Gasteiger partial charge in [0.2, 0.25) is 5.71 Å². The Bertz CT molecular complexity index is 819. The van der Waals surface area contributed by atoms with Crippen LogP contribution in [0.3, 0.4) is 0 Å². The van der Waals surface area contributed by atoms with Crippen molar-refractivity contribution in [3.63, 3.8) is 0 Å². The zero-order chi connectivity index (χ0) is 17.0. The van der Waals surface area contributed by atoms with E-state index in [-0.39, 0.29) is 11.4 Å². The molecule has 116 valence electrons. The average Bonchev–Trinajstić information content (AvgIpc) is 2.94. The molecule has 1 N–H and O–H groups in total. The van der Waals surface area contributed by atoms with Crippen molar-refractivity contribution in [1.82, 2.24) is 9.55 Å². The topological polar surface area (TPSA) is 89.8 Å². The number of hydrogen-bond donors (Lipinski definition) is 1. The van der Waals surface area contributed by atoms with Crippen LogP contribution in [0.5, 0.6) is 0 Å². The highest BCUT2D eigenvalue weighted by Gasteiger charge is 2.31. The summed E-state index contributed by atoms with van der Waals surface area (Å²) < 4.78 is 40.4. The Morgan fingerprint density at radius 1 is 1.26 bits per heavy atom. The van der Waals surface area contributed by atoms with Crippen molar-refractivity contribution in [2.24, 2.45) is 5.10 Å². The lowest BCUT2D eigenvalue weighted by Crippen LogP contribution is -2.07. The first-order valence-corrected chi connectivity index (χ1v) is 6.20. The number of hydrogen-bond acceptors (Lipinski definition) is 5. The fourth-order valence-electron chi connectivity index (χ4n) is 1.75. The summed E-state index contributed by atoms with van der Waals surface area (Å²) in [4.78, 5) is 3.96. The number of imidazole rings is 1. The Morgan fingerprint density at radius 2 is 1.96 bits per heavy atom. The Kier molecular flexibility index (Phi) is 4.32. The van der Waals surface area contributed by atoms with Crippen LogP contribution in [0, 0.1) is 29.6 Å². The van der Waals surface area contributed by atoms with Gasteiger partial charge in [-0.05, 0) is 25.1 Å². The highest BCUT2D eigenvalue weighted by molar-refractivity contribution is 6.10. The van der Waals surface area contributed by atoms with Crippen LogP contribution < -0.4 is 5.43 Å².